The number of carbonyl (C=O) groups excluding carboxylic acids is 1. The second kappa shape index (κ2) is 4.71. The van der Waals surface area contributed by atoms with Crippen LogP contribution in [-0.4, -0.2) is 38.2 Å². The highest BCUT2D eigenvalue weighted by molar-refractivity contribution is 5.93. The molecule has 2 aliphatic heterocycles. The highest BCUT2D eigenvalue weighted by Gasteiger charge is 2.53. The molecule has 2 fully saturated rings. The van der Waals surface area contributed by atoms with Gasteiger partial charge >= 0.3 is 5.97 Å². The van der Waals surface area contributed by atoms with Gasteiger partial charge in [-0.15, -0.1) is 0 Å². The van der Waals surface area contributed by atoms with Gasteiger partial charge < -0.3 is 18.9 Å². The molecule has 0 bridgehead atoms. The van der Waals surface area contributed by atoms with Gasteiger partial charge in [0.1, 0.15) is 17.4 Å². The molecule has 0 aromatic heterocycles. The van der Waals surface area contributed by atoms with Gasteiger partial charge in [-0.3, -0.25) is 0 Å². The number of esters is 1. The molecule has 1 aromatic carbocycles. The van der Waals surface area contributed by atoms with Crippen LogP contribution in [0.3, 0.4) is 0 Å². The minimum absolute atomic E-state index is 0.0645. The van der Waals surface area contributed by atoms with Gasteiger partial charge in [0.05, 0.1) is 19.8 Å². The molecule has 0 amide bonds. The number of fused-ring (bicyclic) bond motifs is 5. The zero-order valence-corrected chi connectivity index (χ0v) is 12.1. The summed E-state index contributed by atoms with van der Waals surface area (Å²) in [5, 5.41) is 0. The van der Waals surface area contributed by atoms with Crippen molar-refractivity contribution in [2.24, 2.45) is 5.92 Å². The van der Waals surface area contributed by atoms with Gasteiger partial charge in [-0.2, -0.15) is 0 Å². The molecule has 1 saturated heterocycles. The number of para-hydroxylation sites is 1. The molecule has 3 aliphatic rings. The van der Waals surface area contributed by atoms with Crippen LogP contribution < -0.4 is 4.74 Å². The predicted molar refractivity (Wildman–Crippen MR) is 73.3 cm³/mol. The lowest BCUT2D eigenvalue weighted by Gasteiger charge is -2.32. The summed E-state index contributed by atoms with van der Waals surface area (Å²) < 4.78 is 22.4. The van der Waals surface area contributed by atoms with Crippen LogP contribution in [0.15, 0.2) is 18.2 Å². The van der Waals surface area contributed by atoms with Gasteiger partial charge in [0, 0.05) is 23.8 Å². The SMILES string of the molecule is COC(=O)c1cccc2c1OC1CC3OC(C)OCC3C21. The average Bonchev–Trinajstić information content (AvgIpc) is 3.00. The van der Waals surface area contributed by atoms with E-state index in [9.17, 15) is 4.79 Å². The zero-order chi connectivity index (χ0) is 14.6. The average molecular weight is 290 g/mol. The van der Waals surface area contributed by atoms with Crippen molar-refractivity contribution in [3.63, 3.8) is 0 Å². The molecule has 5 nitrogen and oxygen atoms in total. The van der Waals surface area contributed by atoms with Gasteiger partial charge in [0.15, 0.2) is 6.29 Å². The Morgan fingerprint density at radius 3 is 3.00 bits per heavy atom. The minimum atomic E-state index is -0.354. The molecule has 1 aliphatic carbocycles. The molecule has 4 rings (SSSR count). The molecule has 0 spiro atoms. The van der Waals surface area contributed by atoms with Crippen molar-refractivity contribution < 1.29 is 23.7 Å². The molecular weight excluding hydrogens is 272 g/mol. The van der Waals surface area contributed by atoms with Gasteiger partial charge in [-0.25, -0.2) is 4.79 Å². The molecule has 5 unspecified atom stereocenters. The summed E-state index contributed by atoms with van der Waals surface area (Å²) in [5.41, 5.74) is 1.59. The Morgan fingerprint density at radius 1 is 1.33 bits per heavy atom. The predicted octanol–water partition coefficient (Wildman–Crippen LogP) is 2.10. The number of benzene rings is 1. The van der Waals surface area contributed by atoms with Crippen molar-refractivity contribution in [3.05, 3.63) is 29.3 Å². The highest BCUT2D eigenvalue weighted by Crippen LogP contribution is 2.53. The number of ether oxygens (including phenoxy) is 4. The monoisotopic (exact) mass is 290 g/mol. The van der Waals surface area contributed by atoms with Crippen LogP contribution in [0.2, 0.25) is 0 Å². The zero-order valence-electron chi connectivity index (χ0n) is 12.1. The Hall–Kier alpha value is -1.59. The number of methoxy groups -OCH3 is 1. The fraction of sp³-hybridized carbons (Fsp3) is 0.562. The summed E-state index contributed by atoms with van der Waals surface area (Å²) in [6, 6.07) is 5.67. The van der Waals surface area contributed by atoms with Crippen LogP contribution in [-0.2, 0) is 14.2 Å². The number of rotatable bonds is 1. The van der Waals surface area contributed by atoms with E-state index in [0.29, 0.717) is 23.8 Å². The van der Waals surface area contributed by atoms with E-state index in [4.69, 9.17) is 18.9 Å². The smallest absolute Gasteiger partial charge is 0.341 e. The van der Waals surface area contributed by atoms with E-state index in [1.165, 1.54) is 7.11 Å². The van der Waals surface area contributed by atoms with E-state index in [0.717, 1.165) is 12.0 Å². The van der Waals surface area contributed by atoms with Crippen molar-refractivity contribution in [1.29, 1.82) is 0 Å². The first-order valence-electron chi connectivity index (χ1n) is 7.34. The van der Waals surface area contributed by atoms with Crippen LogP contribution in [0.4, 0.5) is 0 Å². The third kappa shape index (κ3) is 1.88. The molecule has 5 heteroatoms. The Bertz CT molecular complexity index is 584. The molecule has 2 heterocycles. The Labute approximate surface area is 123 Å². The fourth-order valence-electron chi connectivity index (χ4n) is 3.88. The summed E-state index contributed by atoms with van der Waals surface area (Å²) >= 11 is 0. The molecule has 0 radical (unpaired) electrons. The number of hydrogen-bond donors (Lipinski definition) is 0. The molecule has 21 heavy (non-hydrogen) atoms. The van der Waals surface area contributed by atoms with Crippen LogP contribution in [0.5, 0.6) is 5.75 Å². The van der Waals surface area contributed by atoms with Gasteiger partial charge in [0.25, 0.3) is 0 Å². The van der Waals surface area contributed by atoms with Crippen molar-refractivity contribution in [3.8, 4) is 5.75 Å². The second-order valence-corrected chi connectivity index (χ2v) is 5.87. The summed E-state index contributed by atoms with van der Waals surface area (Å²) in [5.74, 6) is 0.854. The normalized spacial score (nSPS) is 36.4. The molecule has 1 saturated carbocycles. The fourth-order valence-corrected chi connectivity index (χ4v) is 3.88. The molecule has 1 aromatic rings. The molecular formula is C16H18O5. The topological polar surface area (TPSA) is 54.0 Å². The maximum atomic E-state index is 11.9. The second-order valence-electron chi connectivity index (χ2n) is 5.87. The molecule has 5 atom stereocenters. The van der Waals surface area contributed by atoms with E-state index in [1.54, 1.807) is 6.07 Å². The minimum Gasteiger partial charge on any atom is -0.488 e. The maximum Gasteiger partial charge on any atom is 0.341 e. The standard InChI is InChI=1S/C16H18O5/c1-8-19-7-11-12(20-8)6-13-14(11)9-4-3-5-10(15(9)21-13)16(17)18-2/h3-5,8,11-14H,6-7H2,1-2H3. The lowest BCUT2D eigenvalue weighted by atomic mass is 9.87. The lowest BCUT2D eigenvalue weighted by molar-refractivity contribution is -0.221. The van der Waals surface area contributed by atoms with E-state index < -0.39 is 0 Å². The number of carbonyl (C=O) groups is 1. The first-order chi connectivity index (χ1) is 10.2. The van der Waals surface area contributed by atoms with Gasteiger partial charge in [-0.05, 0) is 13.0 Å². The quantitative estimate of drug-likeness (QED) is 0.741. The Morgan fingerprint density at radius 2 is 2.19 bits per heavy atom. The maximum absolute atomic E-state index is 11.9. The molecule has 0 N–H and O–H groups in total. The third-order valence-corrected chi connectivity index (χ3v) is 4.77. The van der Waals surface area contributed by atoms with Crippen LogP contribution in [0, 0.1) is 5.92 Å². The Kier molecular flexibility index (Phi) is 2.94. The van der Waals surface area contributed by atoms with Crippen LogP contribution in [0.1, 0.15) is 35.2 Å². The summed E-state index contributed by atoms with van der Waals surface area (Å²) in [6.45, 7) is 2.60. The lowest BCUT2D eigenvalue weighted by Crippen LogP contribution is -2.37. The first-order valence-corrected chi connectivity index (χ1v) is 7.34. The van der Waals surface area contributed by atoms with Crippen molar-refractivity contribution in [1.82, 2.24) is 0 Å². The van der Waals surface area contributed by atoms with Crippen LogP contribution >= 0.6 is 0 Å². The summed E-state index contributed by atoms with van der Waals surface area (Å²) in [4.78, 5) is 11.9. The van der Waals surface area contributed by atoms with Crippen molar-refractivity contribution in [2.45, 2.75) is 37.8 Å². The molecule has 112 valence electrons. The van der Waals surface area contributed by atoms with Crippen LogP contribution in [0.25, 0.3) is 0 Å². The third-order valence-electron chi connectivity index (χ3n) is 4.77. The van der Waals surface area contributed by atoms with E-state index in [-0.39, 0.29) is 30.4 Å². The van der Waals surface area contributed by atoms with E-state index >= 15 is 0 Å². The van der Waals surface area contributed by atoms with E-state index in [2.05, 4.69) is 0 Å². The highest BCUT2D eigenvalue weighted by atomic mass is 16.7. The summed E-state index contributed by atoms with van der Waals surface area (Å²) in [6.07, 6.45) is 0.942. The first kappa shape index (κ1) is 13.1. The van der Waals surface area contributed by atoms with E-state index in [1.807, 2.05) is 19.1 Å². The van der Waals surface area contributed by atoms with Crippen molar-refractivity contribution in [2.75, 3.05) is 13.7 Å². The van der Waals surface area contributed by atoms with Crippen molar-refractivity contribution >= 4 is 5.97 Å². The van der Waals surface area contributed by atoms with Gasteiger partial charge in [0.2, 0.25) is 0 Å². The Balaban J connectivity index is 1.70. The summed E-state index contributed by atoms with van der Waals surface area (Å²) in [7, 11) is 1.39. The largest absolute Gasteiger partial charge is 0.488 e. The number of hydrogen-bond acceptors (Lipinski definition) is 5. The van der Waals surface area contributed by atoms with Gasteiger partial charge in [-0.1, -0.05) is 12.1 Å².